The van der Waals surface area contributed by atoms with Gasteiger partial charge >= 0.3 is 5.97 Å². The summed E-state index contributed by atoms with van der Waals surface area (Å²) in [6.07, 6.45) is 0.119. The molecule has 1 unspecified atom stereocenters. The van der Waals surface area contributed by atoms with E-state index in [0.717, 1.165) is 11.7 Å². The van der Waals surface area contributed by atoms with E-state index in [1.165, 1.54) is 6.92 Å². The summed E-state index contributed by atoms with van der Waals surface area (Å²) in [5, 5.41) is 0. The molecule has 58 valence electrons. The standard InChI is InChI=1S/C6H10O3S/c1-5(7)8-2-6-3-10-4-9-6/h6H,2-4H2,1H3. The van der Waals surface area contributed by atoms with Crippen molar-refractivity contribution < 1.29 is 14.3 Å². The van der Waals surface area contributed by atoms with E-state index in [2.05, 4.69) is 0 Å². The minimum absolute atomic E-state index is 0.119. The Morgan fingerprint density at radius 3 is 3.20 bits per heavy atom. The van der Waals surface area contributed by atoms with Crippen LogP contribution in [-0.2, 0) is 14.3 Å². The first-order valence-electron chi connectivity index (χ1n) is 3.12. The van der Waals surface area contributed by atoms with E-state index in [9.17, 15) is 4.79 Å². The molecular weight excluding hydrogens is 152 g/mol. The zero-order valence-electron chi connectivity index (χ0n) is 5.83. The van der Waals surface area contributed by atoms with Gasteiger partial charge in [-0.05, 0) is 0 Å². The molecule has 0 aromatic carbocycles. The first-order chi connectivity index (χ1) is 4.79. The minimum atomic E-state index is -0.236. The maximum absolute atomic E-state index is 10.3. The van der Waals surface area contributed by atoms with Crippen LogP contribution in [0.2, 0.25) is 0 Å². The van der Waals surface area contributed by atoms with Gasteiger partial charge in [0.1, 0.15) is 12.7 Å². The van der Waals surface area contributed by atoms with Gasteiger partial charge in [0.05, 0.1) is 5.94 Å². The van der Waals surface area contributed by atoms with Crippen molar-refractivity contribution in [2.45, 2.75) is 13.0 Å². The number of hydrogen-bond acceptors (Lipinski definition) is 4. The lowest BCUT2D eigenvalue weighted by Gasteiger charge is -2.06. The number of carbonyl (C=O) groups is 1. The van der Waals surface area contributed by atoms with Gasteiger partial charge in [-0.25, -0.2) is 0 Å². The molecule has 10 heavy (non-hydrogen) atoms. The summed E-state index contributed by atoms with van der Waals surface area (Å²) in [6, 6.07) is 0. The van der Waals surface area contributed by atoms with Gasteiger partial charge in [-0.3, -0.25) is 4.79 Å². The van der Waals surface area contributed by atoms with Crippen molar-refractivity contribution in [2.75, 3.05) is 18.3 Å². The van der Waals surface area contributed by atoms with E-state index in [1.54, 1.807) is 11.8 Å². The summed E-state index contributed by atoms with van der Waals surface area (Å²) in [5.41, 5.74) is 0. The molecule has 0 aliphatic carbocycles. The Morgan fingerprint density at radius 2 is 2.70 bits per heavy atom. The highest BCUT2D eigenvalue weighted by molar-refractivity contribution is 7.99. The Balaban J connectivity index is 2.07. The number of carbonyl (C=O) groups excluding carboxylic acids is 1. The van der Waals surface area contributed by atoms with Crippen LogP contribution in [0.5, 0.6) is 0 Å². The summed E-state index contributed by atoms with van der Waals surface area (Å²) >= 11 is 1.72. The number of ether oxygens (including phenoxy) is 2. The molecule has 4 heteroatoms. The number of hydrogen-bond donors (Lipinski definition) is 0. The van der Waals surface area contributed by atoms with E-state index in [-0.39, 0.29) is 12.1 Å². The largest absolute Gasteiger partial charge is 0.463 e. The van der Waals surface area contributed by atoms with Crippen LogP contribution in [0.1, 0.15) is 6.92 Å². The molecule has 0 radical (unpaired) electrons. The van der Waals surface area contributed by atoms with Crippen molar-refractivity contribution in [2.24, 2.45) is 0 Å². The maximum Gasteiger partial charge on any atom is 0.302 e. The number of thioether (sulfide) groups is 1. The predicted octanol–water partition coefficient (Wildman–Crippen LogP) is 0.639. The topological polar surface area (TPSA) is 35.5 Å². The third kappa shape index (κ3) is 2.58. The lowest BCUT2D eigenvalue weighted by atomic mass is 10.4. The number of esters is 1. The normalized spacial score (nSPS) is 24.7. The molecule has 1 aliphatic heterocycles. The molecule has 0 bridgehead atoms. The van der Waals surface area contributed by atoms with Crippen LogP contribution in [0.25, 0.3) is 0 Å². The second-order valence-electron chi connectivity index (χ2n) is 2.08. The van der Waals surface area contributed by atoms with Crippen LogP contribution in [-0.4, -0.2) is 30.4 Å². The Kier molecular flexibility index (Phi) is 3.02. The van der Waals surface area contributed by atoms with Gasteiger partial charge in [-0.2, -0.15) is 0 Å². The molecule has 0 spiro atoms. The van der Waals surface area contributed by atoms with Crippen LogP contribution in [0.3, 0.4) is 0 Å². The predicted molar refractivity (Wildman–Crippen MR) is 38.8 cm³/mol. The van der Waals surface area contributed by atoms with E-state index >= 15 is 0 Å². The van der Waals surface area contributed by atoms with Crippen LogP contribution >= 0.6 is 11.8 Å². The summed E-state index contributed by atoms with van der Waals surface area (Å²) in [6.45, 7) is 1.81. The van der Waals surface area contributed by atoms with Gasteiger partial charge in [0, 0.05) is 12.7 Å². The molecule has 1 saturated heterocycles. The average molecular weight is 162 g/mol. The van der Waals surface area contributed by atoms with Gasteiger partial charge in [0.2, 0.25) is 0 Å². The summed E-state index contributed by atoms with van der Waals surface area (Å²) in [7, 11) is 0. The van der Waals surface area contributed by atoms with Crippen LogP contribution in [0, 0.1) is 0 Å². The van der Waals surface area contributed by atoms with Crippen molar-refractivity contribution in [3.8, 4) is 0 Å². The van der Waals surface area contributed by atoms with E-state index < -0.39 is 0 Å². The summed E-state index contributed by atoms with van der Waals surface area (Å²) < 4.78 is 9.94. The molecule has 1 heterocycles. The van der Waals surface area contributed by atoms with E-state index in [4.69, 9.17) is 9.47 Å². The highest BCUT2D eigenvalue weighted by Gasteiger charge is 2.16. The third-order valence-corrected chi connectivity index (χ3v) is 2.07. The Bertz CT molecular complexity index is 120. The maximum atomic E-state index is 10.3. The molecule has 1 fully saturated rings. The van der Waals surface area contributed by atoms with Gasteiger partial charge in [-0.15, -0.1) is 11.8 Å². The van der Waals surface area contributed by atoms with Crippen LogP contribution in [0.15, 0.2) is 0 Å². The van der Waals surface area contributed by atoms with Gasteiger partial charge in [0.15, 0.2) is 0 Å². The molecular formula is C6H10O3S. The fraction of sp³-hybridized carbons (Fsp3) is 0.833. The number of rotatable bonds is 2. The van der Waals surface area contributed by atoms with E-state index in [1.807, 2.05) is 0 Å². The molecule has 0 saturated carbocycles. The summed E-state index contributed by atoms with van der Waals surface area (Å²) in [4.78, 5) is 10.3. The third-order valence-electron chi connectivity index (χ3n) is 1.16. The molecule has 3 nitrogen and oxygen atoms in total. The monoisotopic (exact) mass is 162 g/mol. The van der Waals surface area contributed by atoms with Crippen molar-refractivity contribution >= 4 is 17.7 Å². The van der Waals surface area contributed by atoms with Crippen molar-refractivity contribution in [3.05, 3.63) is 0 Å². The zero-order valence-corrected chi connectivity index (χ0v) is 6.65. The van der Waals surface area contributed by atoms with Gasteiger partial charge < -0.3 is 9.47 Å². The van der Waals surface area contributed by atoms with Crippen molar-refractivity contribution in [1.82, 2.24) is 0 Å². The first kappa shape index (κ1) is 7.88. The second-order valence-corrected chi connectivity index (χ2v) is 3.06. The van der Waals surface area contributed by atoms with E-state index in [0.29, 0.717) is 6.61 Å². The van der Waals surface area contributed by atoms with Gasteiger partial charge in [-0.1, -0.05) is 0 Å². The van der Waals surface area contributed by atoms with Crippen molar-refractivity contribution in [1.29, 1.82) is 0 Å². The smallest absolute Gasteiger partial charge is 0.302 e. The van der Waals surface area contributed by atoms with Crippen molar-refractivity contribution in [3.63, 3.8) is 0 Å². The van der Waals surface area contributed by atoms with Crippen LogP contribution in [0.4, 0.5) is 0 Å². The molecule has 1 rings (SSSR count). The zero-order chi connectivity index (χ0) is 7.40. The lowest BCUT2D eigenvalue weighted by Crippen LogP contribution is -2.18. The molecule has 0 amide bonds. The van der Waals surface area contributed by atoms with Crippen LogP contribution < -0.4 is 0 Å². The fourth-order valence-corrected chi connectivity index (χ4v) is 1.52. The first-order valence-corrected chi connectivity index (χ1v) is 4.27. The molecule has 1 atom stereocenters. The summed E-state index contributed by atoms with van der Waals surface area (Å²) in [5.74, 6) is 1.43. The SMILES string of the molecule is CC(=O)OCC1CSCO1. The lowest BCUT2D eigenvalue weighted by molar-refractivity contribution is -0.143. The molecule has 0 aromatic rings. The quantitative estimate of drug-likeness (QED) is 0.558. The fourth-order valence-electron chi connectivity index (χ4n) is 0.679. The average Bonchev–Trinajstić information content (AvgIpc) is 2.34. The molecule has 0 N–H and O–H groups in total. The Hall–Kier alpha value is -0.220. The van der Waals surface area contributed by atoms with Gasteiger partial charge in [0.25, 0.3) is 0 Å². The highest BCUT2D eigenvalue weighted by atomic mass is 32.2. The Labute approximate surface area is 64.1 Å². The minimum Gasteiger partial charge on any atom is -0.463 e. The molecule has 0 aromatic heterocycles. The Morgan fingerprint density at radius 1 is 1.90 bits per heavy atom. The highest BCUT2D eigenvalue weighted by Crippen LogP contribution is 2.15. The second kappa shape index (κ2) is 3.83. The molecule has 1 aliphatic rings.